The van der Waals surface area contributed by atoms with E-state index in [0.717, 1.165) is 51.6 Å². The number of rotatable bonds is 8. The van der Waals surface area contributed by atoms with E-state index in [-0.39, 0.29) is 22.9 Å². The fourth-order valence-electron chi connectivity index (χ4n) is 4.45. The first-order valence-corrected chi connectivity index (χ1v) is 13.3. The van der Waals surface area contributed by atoms with Gasteiger partial charge in [-0.1, -0.05) is 6.42 Å². The van der Waals surface area contributed by atoms with Gasteiger partial charge in [-0.25, -0.2) is 8.42 Å². The molecule has 32 heavy (non-hydrogen) atoms. The van der Waals surface area contributed by atoms with E-state index in [1.54, 1.807) is 21.3 Å². The molecule has 9 heteroatoms. The van der Waals surface area contributed by atoms with Crippen LogP contribution >= 0.6 is 0 Å². The molecular formula is C23H36N4O4S. The van der Waals surface area contributed by atoms with E-state index < -0.39 is 15.9 Å². The quantitative estimate of drug-likeness (QED) is 0.638. The summed E-state index contributed by atoms with van der Waals surface area (Å²) in [4.78, 5) is 29.0. The van der Waals surface area contributed by atoms with Crippen molar-refractivity contribution < 1.29 is 18.0 Å². The number of nitrogens with zero attached hydrogens (tertiary/aromatic N) is 3. The predicted molar refractivity (Wildman–Crippen MR) is 125 cm³/mol. The van der Waals surface area contributed by atoms with Gasteiger partial charge in [-0.05, 0) is 64.2 Å². The van der Waals surface area contributed by atoms with Crippen LogP contribution in [0.25, 0.3) is 0 Å². The number of hydrogen-bond donors (Lipinski definition) is 1. The van der Waals surface area contributed by atoms with E-state index in [1.807, 2.05) is 13.8 Å². The molecule has 1 N–H and O–H groups in total. The van der Waals surface area contributed by atoms with Crippen molar-refractivity contribution in [2.45, 2.75) is 57.3 Å². The fourth-order valence-corrected chi connectivity index (χ4v) is 6.20. The lowest BCUT2D eigenvalue weighted by Gasteiger charge is -2.33. The van der Waals surface area contributed by atoms with Crippen molar-refractivity contribution in [3.63, 3.8) is 0 Å². The minimum absolute atomic E-state index is 0.109. The molecule has 0 aliphatic carbocycles. The molecular weight excluding hydrogens is 428 g/mol. The van der Waals surface area contributed by atoms with Gasteiger partial charge in [0.2, 0.25) is 15.9 Å². The third kappa shape index (κ3) is 5.61. The molecule has 0 radical (unpaired) electrons. The molecule has 2 saturated heterocycles. The van der Waals surface area contributed by atoms with Crippen molar-refractivity contribution in [2.75, 3.05) is 50.7 Å². The minimum atomic E-state index is -3.71. The van der Waals surface area contributed by atoms with E-state index >= 15 is 0 Å². The first-order chi connectivity index (χ1) is 15.4. The number of amides is 2. The highest BCUT2D eigenvalue weighted by Gasteiger charge is 2.31. The standard InChI is InChI=1S/C23H36N4O4S/c1-3-25(4-2)22(28)18-24-23(29)19-11-12-20(26-13-7-5-8-14-26)21(17-19)32(30,31)27-15-9-6-10-16-27/h11-12,17H,3-10,13-16,18H2,1-2H3,(H,24,29). The molecule has 0 spiro atoms. The van der Waals surface area contributed by atoms with Crippen LogP contribution in [0.4, 0.5) is 5.69 Å². The molecule has 0 aromatic heterocycles. The number of carbonyl (C=O) groups excluding carboxylic acids is 2. The van der Waals surface area contributed by atoms with Gasteiger partial charge in [0.15, 0.2) is 0 Å². The molecule has 2 heterocycles. The average Bonchev–Trinajstić information content (AvgIpc) is 2.84. The zero-order chi connectivity index (χ0) is 23.1. The number of piperidine rings is 2. The number of sulfonamides is 1. The lowest BCUT2D eigenvalue weighted by molar-refractivity contribution is -0.129. The molecule has 8 nitrogen and oxygen atoms in total. The number of nitrogens with one attached hydrogen (secondary N) is 1. The van der Waals surface area contributed by atoms with Crippen molar-refractivity contribution in [1.82, 2.24) is 14.5 Å². The van der Waals surface area contributed by atoms with Gasteiger partial charge in [-0.3, -0.25) is 9.59 Å². The topological polar surface area (TPSA) is 90.0 Å². The van der Waals surface area contributed by atoms with Gasteiger partial charge in [0, 0.05) is 44.8 Å². The minimum Gasteiger partial charge on any atom is -0.370 e. The SMILES string of the molecule is CCN(CC)C(=O)CNC(=O)c1ccc(N2CCCCC2)c(S(=O)(=O)N2CCCCC2)c1. The number of carbonyl (C=O) groups is 2. The van der Waals surface area contributed by atoms with Crippen LogP contribution in [0.3, 0.4) is 0 Å². The summed E-state index contributed by atoms with van der Waals surface area (Å²) in [5.74, 6) is -0.597. The van der Waals surface area contributed by atoms with E-state index in [2.05, 4.69) is 10.2 Å². The Morgan fingerprint density at radius 3 is 2.12 bits per heavy atom. The second-order valence-electron chi connectivity index (χ2n) is 8.44. The van der Waals surface area contributed by atoms with Crippen molar-refractivity contribution in [1.29, 1.82) is 0 Å². The number of likely N-dealkylation sites (N-methyl/N-ethyl adjacent to an activating group) is 1. The van der Waals surface area contributed by atoms with Gasteiger partial charge in [0.05, 0.1) is 12.2 Å². The molecule has 1 aromatic rings. The van der Waals surface area contributed by atoms with Gasteiger partial charge in [-0.15, -0.1) is 0 Å². The maximum Gasteiger partial charge on any atom is 0.251 e. The van der Waals surface area contributed by atoms with Crippen LogP contribution in [0.5, 0.6) is 0 Å². The van der Waals surface area contributed by atoms with Crippen LogP contribution in [-0.2, 0) is 14.8 Å². The van der Waals surface area contributed by atoms with Gasteiger partial charge in [0.1, 0.15) is 4.90 Å². The summed E-state index contributed by atoms with van der Waals surface area (Å²) < 4.78 is 28.7. The summed E-state index contributed by atoms with van der Waals surface area (Å²) in [6, 6.07) is 4.91. The highest BCUT2D eigenvalue weighted by atomic mass is 32.2. The van der Waals surface area contributed by atoms with Crippen molar-refractivity contribution in [3.05, 3.63) is 23.8 Å². The molecule has 178 valence electrons. The second-order valence-corrected chi connectivity index (χ2v) is 10.4. The number of anilines is 1. The fraction of sp³-hybridized carbons (Fsp3) is 0.652. The van der Waals surface area contributed by atoms with Crippen LogP contribution in [-0.4, -0.2) is 75.3 Å². The number of benzene rings is 1. The van der Waals surface area contributed by atoms with Crippen LogP contribution in [0.15, 0.2) is 23.1 Å². The average molecular weight is 465 g/mol. The zero-order valence-electron chi connectivity index (χ0n) is 19.3. The Hall–Kier alpha value is -2.13. The van der Waals surface area contributed by atoms with E-state index in [9.17, 15) is 18.0 Å². The maximum absolute atomic E-state index is 13.6. The monoisotopic (exact) mass is 464 g/mol. The van der Waals surface area contributed by atoms with Crippen molar-refractivity contribution >= 4 is 27.5 Å². The summed E-state index contributed by atoms with van der Waals surface area (Å²) in [7, 11) is -3.71. The van der Waals surface area contributed by atoms with Crippen LogP contribution in [0.2, 0.25) is 0 Å². The largest absolute Gasteiger partial charge is 0.370 e. The summed E-state index contributed by atoms with van der Waals surface area (Å²) in [5.41, 5.74) is 0.930. The predicted octanol–water partition coefficient (Wildman–Crippen LogP) is 2.45. The van der Waals surface area contributed by atoms with Crippen LogP contribution in [0.1, 0.15) is 62.7 Å². The summed E-state index contributed by atoms with van der Waals surface area (Å²) in [5, 5.41) is 2.65. The van der Waals surface area contributed by atoms with Gasteiger partial charge < -0.3 is 15.1 Å². The Labute approximate surface area is 192 Å². The van der Waals surface area contributed by atoms with E-state index in [1.165, 1.54) is 6.07 Å². The molecule has 0 bridgehead atoms. The summed E-state index contributed by atoms with van der Waals surface area (Å²) >= 11 is 0. The smallest absolute Gasteiger partial charge is 0.251 e. The maximum atomic E-state index is 13.6. The molecule has 1 aromatic carbocycles. The molecule has 3 rings (SSSR count). The number of hydrogen-bond acceptors (Lipinski definition) is 5. The molecule has 0 atom stereocenters. The molecule has 2 fully saturated rings. The Morgan fingerprint density at radius 2 is 1.53 bits per heavy atom. The van der Waals surface area contributed by atoms with Crippen molar-refractivity contribution in [3.8, 4) is 0 Å². The first-order valence-electron chi connectivity index (χ1n) is 11.8. The first kappa shape index (κ1) is 24.5. The van der Waals surface area contributed by atoms with E-state index in [0.29, 0.717) is 31.9 Å². The summed E-state index contributed by atoms with van der Waals surface area (Å²) in [6.07, 6.45) is 5.94. The highest BCUT2D eigenvalue weighted by molar-refractivity contribution is 7.89. The van der Waals surface area contributed by atoms with Gasteiger partial charge in [0.25, 0.3) is 5.91 Å². The molecule has 0 unspecified atom stereocenters. The van der Waals surface area contributed by atoms with Gasteiger partial charge >= 0.3 is 0 Å². The summed E-state index contributed by atoms with van der Waals surface area (Å²) in [6.45, 7) is 7.47. The Kier molecular flexibility index (Phi) is 8.53. The second kappa shape index (κ2) is 11.1. The highest BCUT2D eigenvalue weighted by Crippen LogP contribution is 2.32. The Morgan fingerprint density at radius 1 is 0.938 bits per heavy atom. The third-order valence-electron chi connectivity index (χ3n) is 6.37. The normalized spacial score (nSPS) is 17.8. The molecule has 0 saturated carbocycles. The van der Waals surface area contributed by atoms with Crippen LogP contribution < -0.4 is 10.2 Å². The Balaban J connectivity index is 1.87. The molecule has 2 aliphatic heterocycles. The third-order valence-corrected chi connectivity index (χ3v) is 8.30. The van der Waals surface area contributed by atoms with Gasteiger partial charge in [-0.2, -0.15) is 4.31 Å². The molecule has 2 amide bonds. The zero-order valence-corrected chi connectivity index (χ0v) is 20.1. The lowest BCUT2D eigenvalue weighted by atomic mass is 10.1. The molecule has 2 aliphatic rings. The van der Waals surface area contributed by atoms with Crippen LogP contribution in [0, 0.1) is 0 Å². The lowest BCUT2D eigenvalue weighted by Crippen LogP contribution is -2.40. The Bertz CT molecular complexity index is 903. The van der Waals surface area contributed by atoms with E-state index in [4.69, 9.17) is 0 Å². The van der Waals surface area contributed by atoms with Crippen molar-refractivity contribution in [2.24, 2.45) is 0 Å².